The Bertz CT molecular complexity index is 405. The molecule has 6 heteroatoms. The normalized spacial score (nSPS) is 17.7. The van der Waals surface area contributed by atoms with Crippen molar-refractivity contribution >= 4 is 12.0 Å². The number of nitrogens with zero attached hydrogens (tertiary/aromatic N) is 2. The van der Waals surface area contributed by atoms with Crippen molar-refractivity contribution in [2.24, 2.45) is 0 Å². The number of carbonyl (C=O) groups is 2. The molecule has 1 rings (SSSR count). The third kappa shape index (κ3) is 6.37. The smallest absolute Gasteiger partial charge is 0.410 e. The van der Waals surface area contributed by atoms with Crippen LogP contribution in [0.1, 0.15) is 54.4 Å². The zero-order valence-electron chi connectivity index (χ0n) is 15.5. The molecule has 134 valence electrons. The minimum Gasteiger partial charge on any atom is -0.444 e. The van der Waals surface area contributed by atoms with E-state index in [4.69, 9.17) is 9.47 Å². The summed E-state index contributed by atoms with van der Waals surface area (Å²) in [4.78, 5) is 27.6. The molecular weight excluding hydrogens is 296 g/mol. The first-order valence-electron chi connectivity index (χ1n) is 8.50. The van der Waals surface area contributed by atoms with Gasteiger partial charge in [-0.1, -0.05) is 0 Å². The largest absolute Gasteiger partial charge is 0.444 e. The van der Waals surface area contributed by atoms with Gasteiger partial charge in [-0.25, -0.2) is 4.79 Å². The number of hydrogen-bond acceptors (Lipinski definition) is 4. The van der Waals surface area contributed by atoms with Crippen molar-refractivity contribution in [3.8, 4) is 0 Å². The van der Waals surface area contributed by atoms with Gasteiger partial charge in [0.25, 0.3) is 0 Å². The Labute approximate surface area is 140 Å². The van der Waals surface area contributed by atoms with Gasteiger partial charge in [0.15, 0.2) is 0 Å². The Morgan fingerprint density at radius 2 is 1.65 bits per heavy atom. The summed E-state index contributed by atoms with van der Waals surface area (Å²) in [5.41, 5.74) is -0.841. The molecule has 1 fully saturated rings. The second-order valence-corrected chi connectivity index (χ2v) is 7.27. The van der Waals surface area contributed by atoms with Gasteiger partial charge in [-0.05, 0) is 54.4 Å². The molecule has 0 saturated carbocycles. The fraction of sp³-hybridized carbons (Fsp3) is 0.882. The zero-order valence-corrected chi connectivity index (χ0v) is 15.5. The fourth-order valence-corrected chi connectivity index (χ4v) is 2.54. The third-order valence-electron chi connectivity index (χ3n) is 4.13. The molecule has 23 heavy (non-hydrogen) atoms. The van der Waals surface area contributed by atoms with Crippen molar-refractivity contribution in [1.82, 2.24) is 9.80 Å². The Hall–Kier alpha value is -1.30. The van der Waals surface area contributed by atoms with Crippen molar-refractivity contribution in [2.45, 2.75) is 65.6 Å². The summed E-state index contributed by atoms with van der Waals surface area (Å²) in [6.07, 6.45) is 1.13. The van der Waals surface area contributed by atoms with Crippen LogP contribution in [-0.4, -0.2) is 65.8 Å². The number of rotatable bonds is 5. The molecule has 0 unspecified atom stereocenters. The maximum absolute atomic E-state index is 12.1. The molecular formula is C17H32N2O4. The first-order valence-corrected chi connectivity index (χ1v) is 8.50. The molecule has 0 aromatic rings. The monoisotopic (exact) mass is 328 g/mol. The lowest BCUT2D eigenvalue weighted by atomic mass is 9.93. The molecule has 1 heterocycles. The van der Waals surface area contributed by atoms with Crippen LogP contribution in [0.2, 0.25) is 0 Å². The molecule has 0 N–H and O–H groups in total. The molecule has 1 saturated heterocycles. The highest BCUT2D eigenvalue weighted by Gasteiger charge is 2.35. The highest BCUT2D eigenvalue weighted by atomic mass is 16.6. The number of hydrogen-bond donors (Lipinski definition) is 0. The van der Waals surface area contributed by atoms with Crippen molar-refractivity contribution in [2.75, 3.05) is 32.8 Å². The van der Waals surface area contributed by atoms with E-state index < -0.39 is 5.60 Å². The predicted molar refractivity (Wildman–Crippen MR) is 89.3 cm³/mol. The molecule has 0 atom stereocenters. The SMILES string of the molecule is CCN(CC)C(=O)COC1(C)CCN(C(=O)OC(C)(C)C)CC1. The minimum atomic E-state index is -0.482. The molecule has 0 bridgehead atoms. The number of likely N-dealkylation sites (tertiary alicyclic amines) is 1. The molecule has 1 aliphatic heterocycles. The van der Waals surface area contributed by atoms with Gasteiger partial charge >= 0.3 is 6.09 Å². The van der Waals surface area contributed by atoms with Gasteiger partial charge in [0.2, 0.25) is 5.91 Å². The summed E-state index contributed by atoms with van der Waals surface area (Å²) in [6.45, 7) is 14.2. The molecule has 1 aliphatic rings. The van der Waals surface area contributed by atoms with Gasteiger partial charge in [-0.2, -0.15) is 0 Å². The summed E-state index contributed by atoms with van der Waals surface area (Å²) in [5.74, 6) is 0.0193. The van der Waals surface area contributed by atoms with Gasteiger partial charge in [0.05, 0.1) is 5.60 Å². The number of amides is 2. The van der Waals surface area contributed by atoms with Crippen LogP contribution in [-0.2, 0) is 14.3 Å². The van der Waals surface area contributed by atoms with Crippen LogP contribution in [0.4, 0.5) is 4.79 Å². The second-order valence-electron chi connectivity index (χ2n) is 7.27. The predicted octanol–water partition coefficient (Wildman–Crippen LogP) is 2.66. The van der Waals surface area contributed by atoms with Gasteiger partial charge in [-0.3, -0.25) is 4.79 Å². The minimum absolute atomic E-state index is 0.0193. The van der Waals surface area contributed by atoms with Crippen LogP contribution in [0.3, 0.4) is 0 Å². The highest BCUT2D eigenvalue weighted by molar-refractivity contribution is 5.77. The average Bonchev–Trinajstić information content (AvgIpc) is 2.45. The van der Waals surface area contributed by atoms with E-state index in [9.17, 15) is 9.59 Å². The summed E-state index contributed by atoms with van der Waals surface area (Å²) < 4.78 is 11.3. The Balaban J connectivity index is 2.44. The molecule has 0 aliphatic carbocycles. The van der Waals surface area contributed by atoms with Crippen LogP contribution in [0.5, 0.6) is 0 Å². The maximum atomic E-state index is 12.1. The van der Waals surface area contributed by atoms with Crippen molar-refractivity contribution in [3.05, 3.63) is 0 Å². The lowest BCUT2D eigenvalue weighted by Crippen LogP contribution is -2.49. The summed E-state index contributed by atoms with van der Waals surface area (Å²) >= 11 is 0. The van der Waals surface area contributed by atoms with E-state index in [-0.39, 0.29) is 24.2 Å². The van der Waals surface area contributed by atoms with E-state index in [0.29, 0.717) is 39.0 Å². The summed E-state index contributed by atoms with van der Waals surface area (Å²) in [6, 6.07) is 0. The molecule has 6 nitrogen and oxygen atoms in total. The highest BCUT2D eigenvalue weighted by Crippen LogP contribution is 2.26. The molecule has 0 aromatic heterocycles. The fourth-order valence-electron chi connectivity index (χ4n) is 2.54. The van der Waals surface area contributed by atoms with Gasteiger partial charge in [0.1, 0.15) is 12.2 Å². The van der Waals surface area contributed by atoms with Crippen LogP contribution in [0.25, 0.3) is 0 Å². The van der Waals surface area contributed by atoms with E-state index in [0.717, 1.165) is 0 Å². The van der Waals surface area contributed by atoms with Crippen LogP contribution >= 0.6 is 0 Å². The molecule has 0 radical (unpaired) electrons. The lowest BCUT2D eigenvalue weighted by Gasteiger charge is -2.39. The molecule has 0 aromatic carbocycles. The quantitative estimate of drug-likeness (QED) is 0.778. The second kappa shape index (κ2) is 7.99. The van der Waals surface area contributed by atoms with E-state index in [2.05, 4.69) is 0 Å². The lowest BCUT2D eigenvalue weighted by molar-refractivity contribution is -0.145. The molecule has 2 amide bonds. The van der Waals surface area contributed by atoms with Crippen molar-refractivity contribution in [3.63, 3.8) is 0 Å². The number of likely N-dealkylation sites (N-methyl/N-ethyl adjacent to an activating group) is 1. The van der Waals surface area contributed by atoms with Crippen LogP contribution in [0, 0.1) is 0 Å². The van der Waals surface area contributed by atoms with E-state index >= 15 is 0 Å². The van der Waals surface area contributed by atoms with E-state index in [1.165, 1.54) is 0 Å². The number of carbonyl (C=O) groups excluding carboxylic acids is 2. The standard InChI is InChI=1S/C17H32N2O4/c1-7-18(8-2)14(20)13-22-17(6)9-11-19(12-10-17)15(21)23-16(3,4)5/h7-13H2,1-6H3. The first kappa shape index (κ1) is 19.7. The number of ether oxygens (including phenoxy) is 2. The van der Waals surface area contributed by atoms with Crippen LogP contribution in [0.15, 0.2) is 0 Å². The zero-order chi connectivity index (χ0) is 17.7. The average molecular weight is 328 g/mol. The summed E-state index contributed by atoms with van der Waals surface area (Å²) in [7, 11) is 0. The van der Waals surface area contributed by atoms with Crippen molar-refractivity contribution in [1.29, 1.82) is 0 Å². The number of piperidine rings is 1. The van der Waals surface area contributed by atoms with E-state index in [1.54, 1.807) is 9.80 Å². The van der Waals surface area contributed by atoms with Gasteiger partial charge in [-0.15, -0.1) is 0 Å². The van der Waals surface area contributed by atoms with Gasteiger partial charge in [0, 0.05) is 26.2 Å². The molecule has 0 spiro atoms. The van der Waals surface area contributed by atoms with Crippen molar-refractivity contribution < 1.29 is 19.1 Å². The maximum Gasteiger partial charge on any atom is 0.410 e. The topological polar surface area (TPSA) is 59.1 Å². The Kier molecular flexibility index (Phi) is 6.86. The Morgan fingerprint density at radius 3 is 2.09 bits per heavy atom. The summed E-state index contributed by atoms with van der Waals surface area (Å²) in [5, 5.41) is 0. The van der Waals surface area contributed by atoms with E-state index in [1.807, 2.05) is 41.5 Å². The third-order valence-corrected chi connectivity index (χ3v) is 4.13. The van der Waals surface area contributed by atoms with Crippen LogP contribution < -0.4 is 0 Å². The van der Waals surface area contributed by atoms with Gasteiger partial charge < -0.3 is 19.3 Å². The Morgan fingerprint density at radius 1 is 1.13 bits per heavy atom. The first-order chi connectivity index (χ1) is 10.6.